The van der Waals surface area contributed by atoms with E-state index in [4.69, 9.17) is 10.1 Å². The summed E-state index contributed by atoms with van der Waals surface area (Å²) in [5.74, 6) is 0.554. The molecule has 0 aliphatic heterocycles. The number of hydrogen-bond acceptors (Lipinski definition) is 5. The van der Waals surface area contributed by atoms with Crippen molar-refractivity contribution in [2.24, 2.45) is 0 Å². The highest BCUT2D eigenvalue weighted by Crippen LogP contribution is 2.31. The number of rotatable bonds is 4. The van der Waals surface area contributed by atoms with Gasteiger partial charge in [-0.3, -0.25) is 4.79 Å². The van der Waals surface area contributed by atoms with E-state index in [1.54, 1.807) is 0 Å². The molecule has 0 saturated heterocycles. The molecule has 40 heavy (non-hydrogen) atoms. The number of fused-ring (bicyclic) bond motifs is 1. The Kier molecular flexibility index (Phi) is 6.27. The zero-order chi connectivity index (χ0) is 28.2. The third-order valence-corrected chi connectivity index (χ3v) is 8.11. The fourth-order valence-corrected chi connectivity index (χ4v) is 6.07. The molecule has 3 aromatic heterocycles. The molecule has 200 valence electrons. The molecule has 0 atom stereocenters. The molecule has 0 saturated carbocycles. The van der Waals surface area contributed by atoms with Crippen molar-refractivity contribution in [1.29, 1.82) is 0 Å². The normalized spacial score (nSPS) is 12.5. The maximum Gasteiger partial charge on any atom is 0.291 e. The van der Waals surface area contributed by atoms with Crippen LogP contribution in [0.3, 0.4) is 0 Å². The van der Waals surface area contributed by atoms with Crippen LogP contribution in [0.25, 0.3) is 39.4 Å². The molecule has 0 spiro atoms. The molecule has 0 aliphatic rings. The molecule has 6 aromatic rings. The van der Waals surface area contributed by atoms with Gasteiger partial charge in [0.15, 0.2) is 5.82 Å². The van der Waals surface area contributed by atoms with E-state index in [1.807, 2.05) is 59.4 Å². The molecule has 0 amide bonds. The summed E-state index contributed by atoms with van der Waals surface area (Å²) < 4.78 is 3.86. The minimum atomic E-state index is -0.180. The van der Waals surface area contributed by atoms with Crippen LogP contribution in [0.4, 0.5) is 0 Å². The number of aromatic nitrogens is 5. The second kappa shape index (κ2) is 9.68. The third kappa shape index (κ3) is 4.67. The molecular weight excluding hydrogens is 514 g/mol. The summed E-state index contributed by atoms with van der Waals surface area (Å²) >= 11 is 1.35. The van der Waals surface area contributed by atoms with Crippen molar-refractivity contribution >= 4 is 22.4 Å². The van der Waals surface area contributed by atoms with Crippen molar-refractivity contribution in [2.45, 2.75) is 47.0 Å². The van der Waals surface area contributed by atoms with E-state index in [-0.39, 0.29) is 11.0 Å². The average molecular weight is 546 g/mol. The monoisotopic (exact) mass is 545 g/mol. The fourth-order valence-electron chi connectivity index (χ4n) is 5.17. The van der Waals surface area contributed by atoms with Crippen LogP contribution in [0.2, 0.25) is 0 Å². The van der Waals surface area contributed by atoms with Crippen molar-refractivity contribution in [3.63, 3.8) is 0 Å². The SMILES string of the molecule is Cc1cc(C)c(-c2nn(-c3ccccc3)cc2C=c2sc3nc(-c4ccc(C(C)(C)C)cc4)nn3c2=O)c(C)c1. The summed E-state index contributed by atoms with van der Waals surface area (Å²) in [6.45, 7) is 12.9. The predicted octanol–water partition coefficient (Wildman–Crippen LogP) is 6.44. The van der Waals surface area contributed by atoms with E-state index in [1.165, 1.54) is 27.0 Å². The first-order valence-corrected chi connectivity index (χ1v) is 14.2. The molecule has 3 aromatic carbocycles. The molecule has 0 radical (unpaired) electrons. The Labute approximate surface area is 237 Å². The van der Waals surface area contributed by atoms with E-state index >= 15 is 0 Å². The van der Waals surface area contributed by atoms with Gasteiger partial charge in [0.1, 0.15) is 5.69 Å². The zero-order valence-corrected chi connectivity index (χ0v) is 24.4. The highest BCUT2D eigenvalue weighted by atomic mass is 32.1. The maximum atomic E-state index is 13.5. The minimum absolute atomic E-state index is 0.0657. The maximum absolute atomic E-state index is 13.5. The molecule has 3 heterocycles. The summed E-state index contributed by atoms with van der Waals surface area (Å²) in [4.78, 5) is 18.8. The molecular formula is C33H31N5OS. The quantitative estimate of drug-likeness (QED) is 0.256. The molecule has 6 rings (SSSR count). The van der Waals surface area contributed by atoms with Crippen LogP contribution in [0.15, 0.2) is 77.7 Å². The van der Waals surface area contributed by atoms with Crippen LogP contribution in [0, 0.1) is 20.8 Å². The Morgan fingerprint density at radius 2 is 1.55 bits per heavy atom. The van der Waals surface area contributed by atoms with Crippen molar-refractivity contribution in [3.8, 4) is 28.3 Å². The lowest BCUT2D eigenvalue weighted by Crippen LogP contribution is -2.23. The van der Waals surface area contributed by atoms with Gasteiger partial charge in [0.05, 0.1) is 10.2 Å². The molecule has 7 heteroatoms. The topological polar surface area (TPSA) is 65.1 Å². The molecule has 0 unspecified atom stereocenters. The number of nitrogens with zero attached hydrogens (tertiary/aromatic N) is 5. The summed E-state index contributed by atoms with van der Waals surface area (Å²) in [6.07, 6.45) is 3.91. The van der Waals surface area contributed by atoms with Crippen molar-refractivity contribution in [3.05, 3.63) is 116 Å². The van der Waals surface area contributed by atoms with Gasteiger partial charge in [-0.2, -0.15) is 14.6 Å². The predicted molar refractivity (Wildman–Crippen MR) is 163 cm³/mol. The smallest absolute Gasteiger partial charge is 0.266 e. The van der Waals surface area contributed by atoms with E-state index < -0.39 is 0 Å². The van der Waals surface area contributed by atoms with E-state index in [0.29, 0.717) is 15.3 Å². The fraction of sp³-hybridized carbons (Fsp3) is 0.212. The molecule has 0 N–H and O–H groups in total. The van der Waals surface area contributed by atoms with Crippen LogP contribution >= 0.6 is 11.3 Å². The van der Waals surface area contributed by atoms with Gasteiger partial charge in [-0.05, 0) is 61.1 Å². The Morgan fingerprint density at radius 1 is 0.875 bits per heavy atom. The zero-order valence-electron chi connectivity index (χ0n) is 23.6. The van der Waals surface area contributed by atoms with Crippen molar-refractivity contribution < 1.29 is 0 Å². The van der Waals surface area contributed by atoms with Gasteiger partial charge in [-0.15, -0.1) is 5.10 Å². The first-order chi connectivity index (χ1) is 19.1. The highest BCUT2D eigenvalue weighted by Gasteiger charge is 2.18. The Bertz CT molecular complexity index is 1950. The van der Waals surface area contributed by atoms with Crippen LogP contribution in [0.5, 0.6) is 0 Å². The molecule has 6 nitrogen and oxygen atoms in total. The average Bonchev–Trinajstić information content (AvgIpc) is 3.59. The molecule has 0 aliphatic carbocycles. The standard InChI is InChI=1S/C33H31N5OS/c1-20-16-21(2)28(22(3)17-20)29-24(19-37(35-29)26-10-8-7-9-11-26)18-27-31(39)38-32(40-27)34-30(36-38)23-12-14-25(15-13-23)33(4,5)6/h7-19H,1-6H3. The lowest BCUT2D eigenvalue weighted by atomic mass is 9.87. The van der Waals surface area contributed by atoms with Gasteiger partial charge in [-0.1, -0.05) is 92.3 Å². The lowest BCUT2D eigenvalue weighted by molar-refractivity contribution is 0.590. The van der Waals surface area contributed by atoms with Crippen LogP contribution in [0.1, 0.15) is 48.6 Å². The number of thiazole rings is 1. The summed E-state index contributed by atoms with van der Waals surface area (Å²) in [7, 11) is 0. The number of aryl methyl sites for hydroxylation is 3. The minimum Gasteiger partial charge on any atom is -0.266 e. The summed E-state index contributed by atoms with van der Waals surface area (Å²) in [5.41, 5.74) is 9.29. The van der Waals surface area contributed by atoms with Crippen LogP contribution < -0.4 is 10.1 Å². The number of hydrogen-bond donors (Lipinski definition) is 0. The third-order valence-electron chi connectivity index (χ3n) is 7.15. The van der Waals surface area contributed by atoms with E-state index in [9.17, 15) is 4.79 Å². The largest absolute Gasteiger partial charge is 0.291 e. The van der Waals surface area contributed by atoms with E-state index in [0.717, 1.165) is 39.2 Å². The Morgan fingerprint density at radius 3 is 2.17 bits per heavy atom. The number of benzene rings is 3. The second-order valence-electron chi connectivity index (χ2n) is 11.4. The van der Waals surface area contributed by atoms with Gasteiger partial charge in [-0.25, -0.2) is 4.68 Å². The molecule has 0 fully saturated rings. The van der Waals surface area contributed by atoms with Gasteiger partial charge >= 0.3 is 0 Å². The lowest BCUT2D eigenvalue weighted by Gasteiger charge is -2.18. The second-order valence-corrected chi connectivity index (χ2v) is 12.4. The molecule has 0 bridgehead atoms. The van der Waals surface area contributed by atoms with Crippen molar-refractivity contribution in [1.82, 2.24) is 24.4 Å². The van der Waals surface area contributed by atoms with Crippen molar-refractivity contribution in [2.75, 3.05) is 0 Å². The number of para-hydroxylation sites is 1. The summed E-state index contributed by atoms with van der Waals surface area (Å²) in [6, 6.07) is 22.6. The van der Waals surface area contributed by atoms with Crippen LogP contribution in [-0.2, 0) is 5.41 Å². The highest BCUT2D eigenvalue weighted by molar-refractivity contribution is 7.15. The van der Waals surface area contributed by atoms with Gasteiger partial charge in [0.2, 0.25) is 4.96 Å². The van der Waals surface area contributed by atoms with Crippen LogP contribution in [-0.4, -0.2) is 24.4 Å². The summed E-state index contributed by atoms with van der Waals surface area (Å²) in [5, 5.41) is 9.57. The Hall–Kier alpha value is -4.36. The van der Waals surface area contributed by atoms with Gasteiger partial charge in [0.25, 0.3) is 5.56 Å². The first-order valence-electron chi connectivity index (χ1n) is 13.3. The van der Waals surface area contributed by atoms with Gasteiger partial charge < -0.3 is 0 Å². The van der Waals surface area contributed by atoms with E-state index in [2.05, 4.69) is 70.9 Å². The Balaban J connectivity index is 1.47. The van der Waals surface area contributed by atoms with Gasteiger partial charge in [0, 0.05) is 22.9 Å². The first kappa shape index (κ1) is 25.9.